The van der Waals surface area contributed by atoms with E-state index in [1.807, 2.05) is 74.5 Å². The average molecular weight is 290 g/mol. The first-order chi connectivity index (χ1) is 10.6. The summed E-state index contributed by atoms with van der Waals surface area (Å²) in [5, 5.41) is 11.8. The summed E-state index contributed by atoms with van der Waals surface area (Å²) in [6.07, 6.45) is 1.60. The maximum atomic E-state index is 11.9. The number of hydrogen-bond acceptors (Lipinski definition) is 2. The van der Waals surface area contributed by atoms with E-state index in [1.54, 1.807) is 6.08 Å². The predicted molar refractivity (Wildman–Crippen MR) is 88.7 cm³/mol. The van der Waals surface area contributed by atoms with E-state index < -0.39 is 0 Å². The van der Waals surface area contributed by atoms with Crippen molar-refractivity contribution in [3.8, 4) is 17.2 Å². The third-order valence-electron chi connectivity index (χ3n) is 3.11. The van der Waals surface area contributed by atoms with Gasteiger partial charge in [0.15, 0.2) is 0 Å². The standard InChI is InChI=1S/C19H18N2O/c1-14(2)21-19(22)18(13-20)12-15-8-10-17(11-9-15)16-6-4-3-5-7-16/h3-12,14H,1-2H3,(H,21,22)/b18-12+. The highest BCUT2D eigenvalue weighted by Crippen LogP contribution is 2.20. The summed E-state index contributed by atoms with van der Waals surface area (Å²) in [4.78, 5) is 11.9. The molecule has 0 aliphatic rings. The molecule has 2 rings (SSSR count). The van der Waals surface area contributed by atoms with Gasteiger partial charge in [0, 0.05) is 6.04 Å². The second kappa shape index (κ2) is 7.24. The molecule has 0 aromatic heterocycles. The van der Waals surface area contributed by atoms with Crippen LogP contribution in [0.15, 0.2) is 60.2 Å². The zero-order valence-corrected chi connectivity index (χ0v) is 12.7. The smallest absolute Gasteiger partial charge is 0.262 e. The maximum Gasteiger partial charge on any atom is 0.262 e. The topological polar surface area (TPSA) is 52.9 Å². The van der Waals surface area contributed by atoms with Crippen LogP contribution in [0.25, 0.3) is 17.2 Å². The van der Waals surface area contributed by atoms with Gasteiger partial charge in [0.25, 0.3) is 5.91 Å². The molecule has 0 fully saturated rings. The lowest BCUT2D eigenvalue weighted by atomic mass is 10.0. The molecule has 0 bridgehead atoms. The van der Waals surface area contributed by atoms with Crippen LogP contribution in [0.4, 0.5) is 0 Å². The Bertz CT molecular complexity index is 707. The zero-order valence-electron chi connectivity index (χ0n) is 12.7. The third-order valence-corrected chi connectivity index (χ3v) is 3.11. The molecule has 22 heavy (non-hydrogen) atoms. The van der Waals surface area contributed by atoms with Crippen molar-refractivity contribution in [2.45, 2.75) is 19.9 Å². The van der Waals surface area contributed by atoms with Gasteiger partial charge in [0.05, 0.1) is 0 Å². The number of hydrogen-bond donors (Lipinski definition) is 1. The van der Waals surface area contributed by atoms with Gasteiger partial charge in [-0.25, -0.2) is 0 Å². The molecule has 3 nitrogen and oxygen atoms in total. The minimum absolute atomic E-state index is 0.00436. The molecule has 0 radical (unpaired) electrons. The van der Waals surface area contributed by atoms with Crippen LogP contribution in [0, 0.1) is 11.3 Å². The Morgan fingerprint density at radius 1 is 1.05 bits per heavy atom. The molecule has 1 amide bonds. The second-order valence-corrected chi connectivity index (χ2v) is 5.29. The van der Waals surface area contributed by atoms with E-state index in [9.17, 15) is 4.79 Å². The first-order valence-corrected chi connectivity index (χ1v) is 7.18. The van der Waals surface area contributed by atoms with Gasteiger partial charge in [0.1, 0.15) is 11.6 Å². The normalized spacial score (nSPS) is 11.1. The van der Waals surface area contributed by atoms with Crippen LogP contribution in [0.5, 0.6) is 0 Å². The second-order valence-electron chi connectivity index (χ2n) is 5.29. The van der Waals surface area contributed by atoms with Crippen LogP contribution < -0.4 is 5.32 Å². The largest absolute Gasteiger partial charge is 0.349 e. The summed E-state index contributed by atoms with van der Waals surface area (Å²) < 4.78 is 0. The van der Waals surface area contributed by atoms with E-state index in [4.69, 9.17) is 5.26 Å². The Morgan fingerprint density at radius 2 is 1.64 bits per heavy atom. The van der Waals surface area contributed by atoms with Crippen LogP contribution in [0.3, 0.4) is 0 Å². The van der Waals surface area contributed by atoms with Crippen LogP contribution in [-0.4, -0.2) is 11.9 Å². The van der Waals surface area contributed by atoms with Crippen molar-refractivity contribution in [2.24, 2.45) is 0 Å². The Hall–Kier alpha value is -2.86. The number of amides is 1. The van der Waals surface area contributed by atoms with E-state index in [0.717, 1.165) is 16.7 Å². The first kappa shape index (κ1) is 15.5. The summed E-state index contributed by atoms with van der Waals surface area (Å²) in [6.45, 7) is 3.73. The number of rotatable bonds is 4. The van der Waals surface area contributed by atoms with Crippen molar-refractivity contribution >= 4 is 12.0 Å². The molecule has 0 unspecified atom stereocenters. The van der Waals surface area contributed by atoms with Gasteiger partial charge in [-0.05, 0) is 36.6 Å². The molecule has 0 saturated heterocycles. The molecule has 2 aromatic carbocycles. The highest BCUT2D eigenvalue weighted by atomic mass is 16.1. The van der Waals surface area contributed by atoms with Crippen molar-refractivity contribution < 1.29 is 4.79 Å². The predicted octanol–water partition coefficient (Wildman–Crippen LogP) is 3.79. The number of nitrogens with one attached hydrogen (secondary N) is 1. The molecular formula is C19H18N2O. The summed E-state index contributed by atoms with van der Waals surface area (Å²) >= 11 is 0. The molecule has 0 aliphatic carbocycles. The SMILES string of the molecule is CC(C)NC(=O)/C(C#N)=C/c1ccc(-c2ccccc2)cc1. The van der Waals surface area contributed by atoms with Crippen molar-refractivity contribution in [3.05, 3.63) is 65.7 Å². The number of nitriles is 1. The monoisotopic (exact) mass is 290 g/mol. The van der Waals surface area contributed by atoms with Gasteiger partial charge in [-0.2, -0.15) is 5.26 Å². The van der Waals surface area contributed by atoms with Gasteiger partial charge in [0.2, 0.25) is 0 Å². The van der Waals surface area contributed by atoms with E-state index in [1.165, 1.54) is 0 Å². The van der Waals surface area contributed by atoms with Gasteiger partial charge in [-0.15, -0.1) is 0 Å². The quantitative estimate of drug-likeness (QED) is 0.688. The minimum atomic E-state index is -0.343. The van der Waals surface area contributed by atoms with Gasteiger partial charge in [-0.1, -0.05) is 54.6 Å². The molecule has 0 atom stereocenters. The molecule has 0 spiro atoms. The molecule has 1 N–H and O–H groups in total. The van der Waals surface area contributed by atoms with E-state index in [-0.39, 0.29) is 17.5 Å². The number of carbonyl (C=O) groups is 1. The lowest BCUT2D eigenvalue weighted by Gasteiger charge is -2.07. The fourth-order valence-corrected chi connectivity index (χ4v) is 2.06. The average Bonchev–Trinajstić information content (AvgIpc) is 2.53. The fraction of sp³-hybridized carbons (Fsp3) is 0.158. The molecule has 0 saturated carbocycles. The van der Waals surface area contributed by atoms with E-state index in [0.29, 0.717) is 0 Å². The third kappa shape index (κ3) is 4.07. The molecule has 3 heteroatoms. The van der Waals surface area contributed by atoms with Gasteiger partial charge < -0.3 is 5.32 Å². The highest BCUT2D eigenvalue weighted by molar-refractivity contribution is 6.01. The highest BCUT2D eigenvalue weighted by Gasteiger charge is 2.09. The number of carbonyl (C=O) groups excluding carboxylic acids is 1. The molecule has 0 aliphatic heterocycles. The Kier molecular flexibility index (Phi) is 5.11. The summed E-state index contributed by atoms with van der Waals surface area (Å²) in [6, 6.07) is 19.8. The summed E-state index contributed by atoms with van der Waals surface area (Å²) in [5.74, 6) is -0.343. The lowest BCUT2D eigenvalue weighted by molar-refractivity contribution is -0.117. The minimum Gasteiger partial charge on any atom is -0.349 e. The zero-order chi connectivity index (χ0) is 15.9. The molecular weight excluding hydrogens is 272 g/mol. The van der Waals surface area contributed by atoms with Crippen molar-refractivity contribution in [3.63, 3.8) is 0 Å². The van der Waals surface area contributed by atoms with Crippen LogP contribution in [-0.2, 0) is 4.79 Å². The van der Waals surface area contributed by atoms with Crippen molar-refractivity contribution in [1.29, 1.82) is 5.26 Å². The Balaban J connectivity index is 2.21. The number of benzene rings is 2. The molecule has 110 valence electrons. The summed E-state index contributed by atoms with van der Waals surface area (Å²) in [7, 11) is 0. The lowest BCUT2D eigenvalue weighted by Crippen LogP contribution is -2.30. The summed E-state index contributed by atoms with van der Waals surface area (Å²) in [5.41, 5.74) is 3.18. The van der Waals surface area contributed by atoms with E-state index in [2.05, 4.69) is 5.32 Å². The van der Waals surface area contributed by atoms with Gasteiger partial charge >= 0.3 is 0 Å². The van der Waals surface area contributed by atoms with Crippen LogP contribution in [0.2, 0.25) is 0 Å². The maximum absolute atomic E-state index is 11.9. The Morgan fingerprint density at radius 3 is 2.18 bits per heavy atom. The number of nitrogens with zero attached hydrogens (tertiary/aromatic N) is 1. The Labute approximate surface area is 130 Å². The molecule has 2 aromatic rings. The van der Waals surface area contributed by atoms with Crippen LogP contribution in [0.1, 0.15) is 19.4 Å². The van der Waals surface area contributed by atoms with E-state index >= 15 is 0 Å². The molecule has 0 heterocycles. The first-order valence-electron chi connectivity index (χ1n) is 7.18. The van der Waals surface area contributed by atoms with Crippen LogP contribution >= 0.6 is 0 Å². The van der Waals surface area contributed by atoms with Gasteiger partial charge in [-0.3, -0.25) is 4.79 Å². The fourth-order valence-electron chi connectivity index (χ4n) is 2.06. The van der Waals surface area contributed by atoms with Crippen molar-refractivity contribution in [2.75, 3.05) is 0 Å². The van der Waals surface area contributed by atoms with Crippen molar-refractivity contribution in [1.82, 2.24) is 5.32 Å².